The first-order chi connectivity index (χ1) is 7.79. The molecule has 1 atom stereocenters. The third kappa shape index (κ3) is 2.70. The van der Waals surface area contributed by atoms with E-state index in [1.54, 1.807) is 13.2 Å². The molecule has 2 rings (SSSR count). The maximum atomic E-state index is 10.1. The minimum atomic E-state index is -0.486. The second kappa shape index (κ2) is 5.25. The van der Waals surface area contributed by atoms with E-state index in [9.17, 15) is 5.11 Å². The second-order valence-electron chi connectivity index (χ2n) is 4.39. The van der Waals surface area contributed by atoms with E-state index in [2.05, 4.69) is 9.97 Å². The van der Waals surface area contributed by atoms with Crippen molar-refractivity contribution in [3.05, 3.63) is 18.1 Å². The molecule has 16 heavy (non-hydrogen) atoms. The Labute approximate surface area is 95.7 Å². The normalized spacial score (nSPS) is 18.6. The molecule has 1 fully saturated rings. The Hall–Kier alpha value is -1.16. The van der Waals surface area contributed by atoms with Gasteiger partial charge < -0.3 is 9.84 Å². The Morgan fingerprint density at radius 3 is 2.88 bits per heavy atom. The molecule has 0 bridgehead atoms. The van der Waals surface area contributed by atoms with Crippen LogP contribution in [0.15, 0.2) is 12.4 Å². The van der Waals surface area contributed by atoms with Crippen LogP contribution >= 0.6 is 0 Å². The molecule has 1 aliphatic rings. The van der Waals surface area contributed by atoms with Crippen LogP contribution < -0.4 is 4.74 Å². The number of aliphatic hydroxyl groups is 1. The van der Waals surface area contributed by atoms with E-state index in [1.807, 2.05) is 0 Å². The van der Waals surface area contributed by atoms with Crippen molar-refractivity contribution in [1.82, 2.24) is 9.97 Å². The largest absolute Gasteiger partial charge is 0.481 e. The number of hydrogen-bond acceptors (Lipinski definition) is 4. The fourth-order valence-electron chi connectivity index (χ4n) is 2.33. The van der Waals surface area contributed by atoms with Crippen molar-refractivity contribution in [1.29, 1.82) is 0 Å². The van der Waals surface area contributed by atoms with Crippen molar-refractivity contribution in [3.8, 4) is 5.88 Å². The predicted molar refractivity (Wildman–Crippen MR) is 60.1 cm³/mol. The zero-order valence-electron chi connectivity index (χ0n) is 9.59. The van der Waals surface area contributed by atoms with Crippen LogP contribution in [0.4, 0.5) is 0 Å². The summed E-state index contributed by atoms with van der Waals surface area (Å²) in [5, 5.41) is 10.1. The number of nitrogens with zero attached hydrogens (tertiary/aromatic N) is 2. The van der Waals surface area contributed by atoms with Crippen molar-refractivity contribution in [2.45, 2.75) is 38.2 Å². The monoisotopic (exact) mass is 222 g/mol. The molecular weight excluding hydrogens is 204 g/mol. The van der Waals surface area contributed by atoms with Crippen molar-refractivity contribution in [2.75, 3.05) is 7.11 Å². The molecular formula is C12H18N2O2. The van der Waals surface area contributed by atoms with Crippen LogP contribution in [0.2, 0.25) is 0 Å². The zero-order valence-corrected chi connectivity index (χ0v) is 9.59. The molecule has 0 aromatic carbocycles. The van der Waals surface area contributed by atoms with Gasteiger partial charge in [-0.1, -0.05) is 25.7 Å². The van der Waals surface area contributed by atoms with Gasteiger partial charge >= 0.3 is 0 Å². The van der Waals surface area contributed by atoms with Gasteiger partial charge in [0.25, 0.3) is 0 Å². The molecule has 1 saturated carbocycles. The van der Waals surface area contributed by atoms with Gasteiger partial charge in [-0.3, -0.25) is 0 Å². The molecule has 1 N–H and O–H groups in total. The Balaban J connectivity index is 1.98. The lowest BCUT2D eigenvalue weighted by Gasteiger charge is -2.14. The van der Waals surface area contributed by atoms with Crippen molar-refractivity contribution >= 4 is 0 Å². The van der Waals surface area contributed by atoms with E-state index in [-0.39, 0.29) is 0 Å². The lowest BCUT2D eigenvalue weighted by Crippen LogP contribution is -2.06. The number of aromatic nitrogens is 2. The topological polar surface area (TPSA) is 55.2 Å². The summed E-state index contributed by atoms with van der Waals surface area (Å²) < 4.78 is 5.01. The number of hydrogen-bond donors (Lipinski definition) is 1. The third-order valence-corrected chi connectivity index (χ3v) is 3.25. The van der Waals surface area contributed by atoms with Crippen LogP contribution in [0, 0.1) is 5.92 Å². The Morgan fingerprint density at radius 2 is 2.19 bits per heavy atom. The summed E-state index contributed by atoms with van der Waals surface area (Å²) in [5.74, 6) is 1.16. The van der Waals surface area contributed by atoms with E-state index in [0.29, 0.717) is 17.5 Å². The molecule has 1 aliphatic carbocycles. The van der Waals surface area contributed by atoms with Crippen LogP contribution in [0.3, 0.4) is 0 Å². The van der Waals surface area contributed by atoms with Gasteiger partial charge in [0.2, 0.25) is 5.88 Å². The maximum Gasteiger partial charge on any atom is 0.216 e. The first-order valence-electron chi connectivity index (χ1n) is 5.83. The molecule has 0 aliphatic heterocycles. The van der Waals surface area contributed by atoms with E-state index < -0.39 is 6.10 Å². The third-order valence-electron chi connectivity index (χ3n) is 3.25. The van der Waals surface area contributed by atoms with Gasteiger partial charge in [0.15, 0.2) is 0 Å². The molecule has 1 aromatic heterocycles. The molecule has 1 unspecified atom stereocenters. The summed E-state index contributed by atoms with van der Waals surface area (Å²) in [6.07, 6.45) is 6.82. The molecule has 4 nitrogen and oxygen atoms in total. The molecule has 0 spiro atoms. The first-order valence-corrected chi connectivity index (χ1v) is 5.83. The van der Waals surface area contributed by atoms with E-state index in [1.165, 1.54) is 32.0 Å². The lowest BCUT2D eigenvalue weighted by molar-refractivity contribution is 0.140. The van der Waals surface area contributed by atoms with E-state index in [4.69, 9.17) is 4.74 Å². The SMILES string of the molecule is COc1cc(C(O)CC2CCCC2)ncn1. The van der Waals surface area contributed by atoms with Gasteiger partial charge in [0, 0.05) is 6.07 Å². The van der Waals surface area contributed by atoms with Gasteiger partial charge in [-0.25, -0.2) is 9.97 Å². The van der Waals surface area contributed by atoms with Gasteiger partial charge in [0.1, 0.15) is 6.33 Å². The Bertz CT molecular complexity index is 338. The quantitative estimate of drug-likeness (QED) is 0.847. The van der Waals surface area contributed by atoms with Gasteiger partial charge in [0.05, 0.1) is 18.9 Å². The van der Waals surface area contributed by atoms with Crippen LogP contribution in [0.5, 0.6) is 5.88 Å². The highest BCUT2D eigenvalue weighted by atomic mass is 16.5. The fourth-order valence-corrected chi connectivity index (χ4v) is 2.33. The van der Waals surface area contributed by atoms with Crippen molar-refractivity contribution < 1.29 is 9.84 Å². The first kappa shape index (κ1) is 11.3. The second-order valence-corrected chi connectivity index (χ2v) is 4.39. The van der Waals surface area contributed by atoms with Crippen molar-refractivity contribution in [3.63, 3.8) is 0 Å². The predicted octanol–water partition coefficient (Wildman–Crippen LogP) is 2.10. The highest BCUT2D eigenvalue weighted by Crippen LogP contribution is 2.32. The molecule has 1 heterocycles. The Morgan fingerprint density at radius 1 is 1.44 bits per heavy atom. The average molecular weight is 222 g/mol. The highest BCUT2D eigenvalue weighted by molar-refractivity contribution is 5.15. The zero-order chi connectivity index (χ0) is 11.4. The van der Waals surface area contributed by atoms with E-state index in [0.717, 1.165) is 6.42 Å². The van der Waals surface area contributed by atoms with E-state index >= 15 is 0 Å². The van der Waals surface area contributed by atoms with Crippen LogP contribution in [-0.2, 0) is 0 Å². The minimum Gasteiger partial charge on any atom is -0.481 e. The number of ether oxygens (including phenoxy) is 1. The summed E-state index contributed by atoms with van der Waals surface area (Å²) in [7, 11) is 1.56. The molecule has 1 aromatic rings. The number of rotatable bonds is 4. The number of aliphatic hydroxyl groups excluding tert-OH is 1. The lowest BCUT2D eigenvalue weighted by atomic mass is 9.98. The van der Waals surface area contributed by atoms with Crippen LogP contribution in [-0.4, -0.2) is 22.2 Å². The van der Waals surface area contributed by atoms with Gasteiger partial charge in [-0.2, -0.15) is 0 Å². The number of methoxy groups -OCH3 is 1. The summed E-state index contributed by atoms with van der Waals surface area (Å²) in [5.41, 5.74) is 0.666. The summed E-state index contributed by atoms with van der Waals surface area (Å²) in [6, 6.07) is 1.71. The fraction of sp³-hybridized carbons (Fsp3) is 0.667. The summed E-state index contributed by atoms with van der Waals surface area (Å²) >= 11 is 0. The van der Waals surface area contributed by atoms with Crippen LogP contribution in [0.1, 0.15) is 43.9 Å². The molecule has 88 valence electrons. The smallest absolute Gasteiger partial charge is 0.216 e. The maximum absolute atomic E-state index is 10.1. The standard InChI is InChI=1S/C12H18N2O2/c1-16-12-7-10(13-8-14-12)11(15)6-9-4-2-3-5-9/h7-9,11,15H,2-6H2,1H3. The average Bonchev–Trinajstić information content (AvgIpc) is 2.82. The van der Waals surface area contributed by atoms with Crippen LogP contribution in [0.25, 0.3) is 0 Å². The summed E-state index contributed by atoms with van der Waals surface area (Å²) in [6.45, 7) is 0. The molecule has 0 amide bonds. The summed E-state index contributed by atoms with van der Waals surface area (Å²) in [4.78, 5) is 8.02. The molecule has 4 heteroatoms. The van der Waals surface area contributed by atoms with Crippen molar-refractivity contribution in [2.24, 2.45) is 5.92 Å². The molecule has 0 saturated heterocycles. The molecule has 0 radical (unpaired) electrons. The van der Waals surface area contributed by atoms with Gasteiger partial charge in [-0.05, 0) is 12.3 Å². The minimum absolute atomic E-state index is 0.486. The van der Waals surface area contributed by atoms with Gasteiger partial charge in [-0.15, -0.1) is 0 Å². The Kier molecular flexibility index (Phi) is 3.72. The highest BCUT2D eigenvalue weighted by Gasteiger charge is 2.20.